The van der Waals surface area contributed by atoms with Gasteiger partial charge in [-0.2, -0.15) is 18.3 Å². The number of nitrogens with zero attached hydrogens (tertiary/aromatic N) is 6. The van der Waals surface area contributed by atoms with Crippen molar-refractivity contribution in [3.05, 3.63) is 53.2 Å². The number of imidazole rings is 1. The molecule has 2 fully saturated rings. The second-order valence-electron chi connectivity index (χ2n) is 10.4. The molecule has 230 valence electrons. The van der Waals surface area contributed by atoms with Gasteiger partial charge in [0.2, 0.25) is 0 Å². The molecular formula is C27H31F4N9O3. The van der Waals surface area contributed by atoms with E-state index in [1.807, 2.05) is 0 Å². The molecule has 0 atom stereocenters. The lowest BCUT2D eigenvalue weighted by Gasteiger charge is -2.37. The van der Waals surface area contributed by atoms with Gasteiger partial charge in [0.25, 0.3) is 11.8 Å². The largest absolute Gasteiger partial charge is 0.435 e. The number of aryl methyl sites for hydroxylation is 2. The lowest BCUT2D eigenvalue weighted by atomic mass is 10.1. The van der Waals surface area contributed by atoms with E-state index < -0.39 is 24.5 Å². The highest BCUT2D eigenvalue weighted by Gasteiger charge is 2.38. The zero-order chi connectivity index (χ0) is 30.9. The molecular weight excluding hydrogens is 574 g/mol. The van der Waals surface area contributed by atoms with E-state index in [1.165, 1.54) is 11.6 Å². The molecule has 43 heavy (non-hydrogen) atoms. The van der Waals surface area contributed by atoms with Crippen LogP contribution in [0, 0.1) is 6.92 Å². The van der Waals surface area contributed by atoms with Crippen LogP contribution in [0.1, 0.15) is 32.2 Å². The van der Waals surface area contributed by atoms with E-state index in [-0.39, 0.29) is 41.6 Å². The molecule has 2 saturated heterocycles. The zero-order valence-corrected chi connectivity index (χ0v) is 23.5. The minimum atomic E-state index is -4.80. The third-order valence-corrected chi connectivity index (χ3v) is 7.49. The number of benzene rings is 1. The Kier molecular flexibility index (Phi) is 8.39. The van der Waals surface area contributed by atoms with Gasteiger partial charge in [0.05, 0.1) is 30.0 Å². The number of hydrogen-bond acceptors (Lipinski definition) is 6. The molecule has 1 aromatic carbocycles. The molecule has 12 nitrogen and oxygen atoms in total. The summed E-state index contributed by atoms with van der Waals surface area (Å²) < 4.78 is 55.6. The van der Waals surface area contributed by atoms with Gasteiger partial charge in [0, 0.05) is 63.8 Å². The maximum Gasteiger partial charge on any atom is 0.435 e. The second kappa shape index (κ2) is 12.0. The van der Waals surface area contributed by atoms with Crippen LogP contribution in [0.4, 0.5) is 28.0 Å². The summed E-state index contributed by atoms with van der Waals surface area (Å²) in [4.78, 5) is 46.0. The van der Waals surface area contributed by atoms with Gasteiger partial charge in [0.15, 0.2) is 11.5 Å². The lowest BCUT2D eigenvalue weighted by molar-refractivity contribution is -0.141. The van der Waals surface area contributed by atoms with Crippen molar-refractivity contribution in [1.82, 2.24) is 39.8 Å². The van der Waals surface area contributed by atoms with E-state index in [1.54, 1.807) is 34.9 Å². The smallest absolute Gasteiger partial charge is 0.335 e. The topological polar surface area (TPSA) is 129 Å². The number of halogens is 4. The molecule has 0 unspecified atom stereocenters. The molecule has 0 spiro atoms. The minimum absolute atomic E-state index is 0.0164. The highest BCUT2D eigenvalue weighted by atomic mass is 19.4. The van der Waals surface area contributed by atoms with Gasteiger partial charge in [-0.3, -0.25) is 14.3 Å². The molecule has 5 rings (SSSR count). The fraction of sp³-hybridized carbons (Fsp3) is 0.444. The quantitative estimate of drug-likeness (QED) is 0.355. The van der Waals surface area contributed by atoms with Crippen LogP contribution in [-0.2, 0) is 19.8 Å². The number of nitrogens with one attached hydrogen (secondary N) is 3. The van der Waals surface area contributed by atoms with Gasteiger partial charge in [-0.25, -0.2) is 14.2 Å². The molecule has 0 radical (unpaired) electrons. The van der Waals surface area contributed by atoms with Crippen LogP contribution in [0.3, 0.4) is 0 Å². The first kappa shape index (κ1) is 30.0. The predicted octanol–water partition coefficient (Wildman–Crippen LogP) is 2.27. The number of alkyl halides is 4. The number of carbonyl (C=O) groups excluding carboxylic acids is 3. The number of anilines is 1. The highest BCUT2D eigenvalue weighted by Crippen LogP contribution is 2.36. The normalized spacial score (nSPS) is 15.8. The van der Waals surface area contributed by atoms with E-state index in [2.05, 4.69) is 26.0 Å². The number of piperazine rings is 1. The first-order valence-electron chi connectivity index (χ1n) is 13.7. The van der Waals surface area contributed by atoms with Crippen molar-refractivity contribution in [3.8, 4) is 11.3 Å². The second-order valence-corrected chi connectivity index (χ2v) is 10.4. The number of hydrogen-bond donors (Lipinski definition) is 3. The predicted molar refractivity (Wildman–Crippen MR) is 147 cm³/mol. The Hall–Kier alpha value is -4.47. The fourth-order valence-electron chi connectivity index (χ4n) is 5.00. The Balaban J connectivity index is 1.24. The first-order valence-corrected chi connectivity index (χ1v) is 13.7. The third kappa shape index (κ3) is 6.33. The summed E-state index contributed by atoms with van der Waals surface area (Å²) in [5.41, 5.74) is -0.134. The molecule has 2 aromatic heterocycles. The minimum Gasteiger partial charge on any atom is -0.335 e. The van der Waals surface area contributed by atoms with Crippen molar-refractivity contribution in [3.63, 3.8) is 0 Å². The van der Waals surface area contributed by atoms with Crippen molar-refractivity contribution in [2.24, 2.45) is 7.05 Å². The molecule has 2 aliphatic rings. The summed E-state index contributed by atoms with van der Waals surface area (Å²) in [6.07, 6.45) is -2.60. The zero-order valence-electron chi connectivity index (χ0n) is 23.5. The molecule has 3 aromatic rings. The fourth-order valence-corrected chi connectivity index (χ4v) is 5.00. The van der Waals surface area contributed by atoms with E-state index in [0.717, 1.165) is 30.2 Å². The summed E-state index contributed by atoms with van der Waals surface area (Å²) in [6.45, 7) is 3.59. The van der Waals surface area contributed by atoms with Gasteiger partial charge >= 0.3 is 12.2 Å². The van der Waals surface area contributed by atoms with Crippen molar-refractivity contribution in [1.29, 1.82) is 0 Å². The number of rotatable bonds is 7. The van der Waals surface area contributed by atoms with Crippen LogP contribution >= 0.6 is 0 Å². The van der Waals surface area contributed by atoms with Crippen LogP contribution in [0.15, 0.2) is 30.6 Å². The average Bonchev–Trinajstić information content (AvgIpc) is 3.54. The third-order valence-electron chi connectivity index (χ3n) is 7.49. The Morgan fingerprint density at radius 3 is 2.40 bits per heavy atom. The van der Waals surface area contributed by atoms with Crippen LogP contribution in [0.5, 0.6) is 0 Å². The van der Waals surface area contributed by atoms with E-state index >= 15 is 0 Å². The summed E-state index contributed by atoms with van der Waals surface area (Å²) in [7, 11) is 1.39. The molecule has 16 heteroatoms. The molecule has 4 heterocycles. The lowest BCUT2D eigenvalue weighted by Crippen LogP contribution is -2.61. The molecule has 4 amide bonds. The van der Waals surface area contributed by atoms with Crippen molar-refractivity contribution in [2.75, 3.05) is 51.3 Å². The van der Waals surface area contributed by atoms with Gasteiger partial charge < -0.3 is 30.3 Å². The molecule has 2 aliphatic heterocycles. The number of amides is 4. The molecule has 3 N–H and O–H groups in total. The highest BCUT2D eigenvalue weighted by molar-refractivity contribution is 6.03. The van der Waals surface area contributed by atoms with Crippen LogP contribution < -0.4 is 16.0 Å². The summed E-state index contributed by atoms with van der Waals surface area (Å²) in [5.74, 6) is -1.03. The maximum atomic E-state index is 13.6. The Morgan fingerprint density at radius 1 is 1.09 bits per heavy atom. The number of carbonyl (C=O) groups is 3. The summed E-state index contributed by atoms with van der Waals surface area (Å²) in [6, 6.07) is 4.76. The maximum absolute atomic E-state index is 13.6. The average molecular weight is 606 g/mol. The Morgan fingerprint density at radius 2 is 1.79 bits per heavy atom. The SMILES string of the molecule is Cc1cc(NC(=O)c2ncc(-c3cn(CCF)nc3C(F)(F)F)n2C)ccc1C(=O)N1CCN(C(=O)NC2CNC2)CC1. The van der Waals surface area contributed by atoms with E-state index in [9.17, 15) is 31.9 Å². The van der Waals surface area contributed by atoms with Crippen LogP contribution in [0.2, 0.25) is 0 Å². The van der Waals surface area contributed by atoms with Gasteiger partial charge in [-0.15, -0.1) is 0 Å². The van der Waals surface area contributed by atoms with Gasteiger partial charge in [-0.05, 0) is 30.7 Å². The van der Waals surface area contributed by atoms with Crippen LogP contribution in [0.25, 0.3) is 11.3 Å². The van der Waals surface area contributed by atoms with E-state index in [0.29, 0.717) is 43.0 Å². The standard InChI is InChI=1S/C27H31F4N9O3/c1-16-11-17(3-4-19(16)25(42)38-7-9-39(10-8-38)26(43)35-18-12-32-13-18)34-24(41)23-33-14-21(37(23)2)20-15-40(6-5-28)36-22(20)27(29,30)31/h3-4,11,14-15,18,32H,5-10,12-13H2,1-2H3,(H,34,41)(H,35,43). The van der Waals surface area contributed by atoms with Gasteiger partial charge in [-0.1, -0.05) is 0 Å². The van der Waals surface area contributed by atoms with Crippen LogP contribution in [-0.4, -0.2) is 99.0 Å². The first-order chi connectivity index (χ1) is 20.5. The van der Waals surface area contributed by atoms with E-state index in [4.69, 9.17) is 0 Å². The monoisotopic (exact) mass is 605 g/mol. The van der Waals surface area contributed by atoms with Crippen molar-refractivity contribution < 1.29 is 31.9 Å². The van der Waals surface area contributed by atoms with Crippen molar-refractivity contribution in [2.45, 2.75) is 25.7 Å². The van der Waals surface area contributed by atoms with Gasteiger partial charge in [0.1, 0.15) is 6.67 Å². The van der Waals surface area contributed by atoms with Crippen molar-refractivity contribution >= 4 is 23.5 Å². The summed E-state index contributed by atoms with van der Waals surface area (Å²) in [5, 5.41) is 12.2. The molecule has 0 bridgehead atoms. The summed E-state index contributed by atoms with van der Waals surface area (Å²) >= 11 is 0. The Labute approximate surface area is 244 Å². The molecule has 0 saturated carbocycles. The number of urea groups is 1. The molecule has 0 aliphatic carbocycles. The number of aromatic nitrogens is 4. The Bertz CT molecular complexity index is 1520.